The number of benzene rings is 1. The number of nitrogens with zero attached hydrogens (tertiary/aromatic N) is 1. The second-order valence-corrected chi connectivity index (χ2v) is 15.4. The molecule has 0 aliphatic carbocycles. The van der Waals surface area contributed by atoms with E-state index in [2.05, 4.69) is 61.6 Å². The van der Waals surface area contributed by atoms with Crippen LogP contribution in [0.2, 0.25) is 18.1 Å². The Balaban J connectivity index is 2.59. The predicted molar refractivity (Wildman–Crippen MR) is 114 cm³/mol. The summed E-state index contributed by atoms with van der Waals surface area (Å²) in [6, 6.07) is 10.0. The summed E-state index contributed by atoms with van der Waals surface area (Å²) in [4.78, 5) is 13.9. The molecule has 1 aliphatic heterocycles. The molecule has 0 bridgehead atoms. The van der Waals surface area contributed by atoms with Crippen molar-refractivity contribution in [1.29, 1.82) is 0 Å². The monoisotopic (exact) mass is 391 g/mol. The fourth-order valence-corrected chi connectivity index (χ4v) is 5.78. The first kappa shape index (κ1) is 22.0. The van der Waals surface area contributed by atoms with Crippen molar-refractivity contribution < 1.29 is 14.3 Å². The highest BCUT2D eigenvalue weighted by Gasteiger charge is 2.59. The summed E-state index contributed by atoms with van der Waals surface area (Å²) < 4.78 is 6.83. The quantitative estimate of drug-likeness (QED) is 0.648. The number of likely N-dealkylation sites (tertiary alicyclic amines) is 1. The Morgan fingerprint density at radius 3 is 2.07 bits per heavy atom. The lowest BCUT2D eigenvalue weighted by Crippen LogP contribution is -2.51. The van der Waals surface area contributed by atoms with Gasteiger partial charge in [-0.3, -0.25) is 4.90 Å². The highest BCUT2D eigenvalue weighted by molar-refractivity contribution is 6.74. The first-order chi connectivity index (χ1) is 12.1. The molecule has 152 valence electrons. The molecule has 1 amide bonds. The van der Waals surface area contributed by atoms with E-state index < -0.39 is 19.9 Å². The third kappa shape index (κ3) is 3.95. The van der Waals surface area contributed by atoms with Gasteiger partial charge in [0.2, 0.25) is 0 Å². The van der Waals surface area contributed by atoms with E-state index in [4.69, 9.17) is 4.43 Å². The van der Waals surface area contributed by atoms with Crippen molar-refractivity contribution in [3.05, 3.63) is 35.9 Å². The normalized spacial score (nSPS) is 27.1. The SMILES string of the molecule is CC(C)(C)C1[C@H](O[Si](C)(C)C(C)(C)C)CN(C(=O)O)[C@]1(C)c1ccccc1. The van der Waals surface area contributed by atoms with Crippen molar-refractivity contribution in [1.82, 2.24) is 4.90 Å². The van der Waals surface area contributed by atoms with Crippen LogP contribution in [0.1, 0.15) is 54.0 Å². The van der Waals surface area contributed by atoms with Crippen molar-refractivity contribution in [3.8, 4) is 0 Å². The van der Waals surface area contributed by atoms with E-state index in [0.29, 0.717) is 6.54 Å². The first-order valence-corrected chi connectivity index (χ1v) is 12.8. The van der Waals surface area contributed by atoms with Crippen molar-refractivity contribution in [2.24, 2.45) is 11.3 Å². The van der Waals surface area contributed by atoms with Gasteiger partial charge in [0.1, 0.15) is 0 Å². The molecular formula is C22H37NO3Si. The van der Waals surface area contributed by atoms with Crippen LogP contribution < -0.4 is 0 Å². The molecule has 0 saturated carbocycles. The van der Waals surface area contributed by atoms with Gasteiger partial charge in [-0.2, -0.15) is 0 Å². The molecule has 1 fully saturated rings. The lowest BCUT2D eigenvalue weighted by molar-refractivity contribution is 0.0262. The molecule has 0 aromatic heterocycles. The molecule has 2 rings (SSSR count). The average molecular weight is 392 g/mol. The lowest BCUT2D eigenvalue weighted by atomic mass is 9.66. The first-order valence-electron chi connectivity index (χ1n) is 9.86. The number of carboxylic acid groups (broad SMARTS) is 1. The summed E-state index contributed by atoms with van der Waals surface area (Å²) in [5, 5.41) is 10.1. The smallest absolute Gasteiger partial charge is 0.408 e. The number of hydrogen-bond acceptors (Lipinski definition) is 2. The molecule has 1 unspecified atom stereocenters. The second kappa shape index (κ2) is 6.93. The Bertz CT molecular complexity index is 675. The molecule has 3 atom stereocenters. The van der Waals surface area contributed by atoms with Gasteiger partial charge < -0.3 is 9.53 Å². The van der Waals surface area contributed by atoms with Crippen molar-refractivity contribution in [3.63, 3.8) is 0 Å². The molecule has 1 saturated heterocycles. The molecule has 1 aromatic carbocycles. The number of amides is 1. The van der Waals surface area contributed by atoms with E-state index in [1.807, 2.05) is 30.3 Å². The summed E-state index contributed by atoms with van der Waals surface area (Å²) in [6.45, 7) is 20.3. The third-order valence-electron chi connectivity index (χ3n) is 6.67. The summed E-state index contributed by atoms with van der Waals surface area (Å²) >= 11 is 0. The Labute approximate surface area is 166 Å². The zero-order chi connectivity index (χ0) is 20.8. The van der Waals surface area contributed by atoms with E-state index >= 15 is 0 Å². The maximum absolute atomic E-state index is 12.3. The predicted octanol–water partition coefficient (Wildman–Crippen LogP) is 5.95. The Kier molecular flexibility index (Phi) is 5.63. The van der Waals surface area contributed by atoms with Crippen LogP contribution in [-0.2, 0) is 9.96 Å². The van der Waals surface area contributed by atoms with Gasteiger partial charge in [0.05, 0.1) is 18.2 Å². The minimum absolute atomic E-state index is 0.0534. The minimum Gasteiger partial charge on any atom is -0.465 e. The van der Waals surface area contributed by atoms with Crippen LogP contribution in [0.25, 0.3) is 0 Å². The van der Waals surface area contributed by atoms with E-state index in [0.717, 1.165) is 5.56 Å². The van der Waals surface area contributed by atoms with Gasteiger partial charge in [-0.05, 0) is 36.0 Å². The number of carbonyl (C=O) groups is 1. The molecule has 0 spiro atoms. The summed E-state index contributed by atoms with van der Waals surface area (Å²) in [5.41, 5.74) is 0.300. The van der Waals surface area contributed by atoms with Crippen LogP contribution in [0.3, 0.4) is 0 Å². The molecular weight excluding hydrogens is 354 g/mol. The molecule has 1 aliphatic rings. The molecule has 27 heavy (non-hydrogen) atoms. The highest BCUT2D eigenvalue weighted by Crippen LogP contribution is 2.53. The van der Waals surface area contributed by atoms with Gasteiger partial charge in [-0.25, -0.2) is 4.79 Å². The largest absolute Gasteiger partial charge is 0.465 e. The van der Waals surface area contributed by atoms with Crippen LogP contribution >= 0.6 is 0 Å². The molecule has 0 radical (unpaired) electrons. The highest BCUT2D eigenvalue weighted by atomic mass is 28.4. The van der Waals surface area contributed by atoms with Crippen LogP contribution in [0.5, 0.6) is 0 Å². The summed E-state index contributed by atoms with van der Waals surface area (Å²) in [6.07, 6.45) is -0.996. The van der Waals surface area contributed by atoms with Crippen LogP contribution in [0.15, 0.2) is 30.3 Å². The lowest BCUT2D eigenvalue weighted by Gasteiger charge is -2.47. The number of rotatable bonds is 3. The zero-order valence-electron chi connectivity index (χ0n) is 18.5. The van der Waals surface area contributed by atoms with Gasteiger partial charge in [0.15, 0.2) is 8.32 Å². The van der Waals surface area contributed by atoms with Crippen LogP contribution in [0, 0.1) is 11.3 Å². The van der Waals surface area contributed by atoms with Gasteiger partial charge >= 0.3 is 6.09 Å². The van der Waals surface area contributed by atoms with E-state index in [1.54, 1.807) is 4.90 Å². The molecule has 1 heterocycles. The van der Waals surface area contributed by atoms with Crippen LogP contribution in [-0.4, -0.2) is 37.1 Å². The summed E-state index contributed by atoms with van der Waals surface area (Å²) in [5.74, 6) is 0.0534. The Morgan fingerprint density at radius 2 is 1.67 bits per heavy atom. The van der Waals surface area contributed by atoms with Gasteiger partial charge in [-0.15, -0.1) is 0 Å². The fourth-order valence-electron chi connectivity index (χ4n) is 4.45. The fraction of sp³-hybridized carbons (Fsp3) is 0.682. The van der Waals surface area contributed by atoms with Crippen molar-refractivity contribution in [2.45, 2.75) is 78.2 Å². The maximum Gasteiger partial charge on any atom is 0.408 e. The topological polar surface area (TPSA) is 49.8 Å². The minimum atomic E-state index is -2.04. The van der Waals surface area contributed by atoms with E-state index in [-0.39, 0.29) is 22.5 Å². The molecule has 4 nitrogen and oxygen atoms in total. The van der Waals surface area contributed by atoms with Gasteiger partial charge in [-0.1, -0.05) is 71.9 Å². The van der Waals surface area contributed by atoms with Gasteiger partial charge in [0.25, 0.3) is 0 Å². The average Bonchev–Trinajstić information content (AvgIpc) is 2.80. The number of hydrogen-bond donors (Lipinski definition) is 1. The van der Waals surface area contributed by atoms with E-state index in [1.165, 1.54) is 0 Å². The van der Waals surface area contributed by atoms with Crippen molar-refractivity contribution >= 4 is 14.4 Å². The summed E-state index contributed by atoms with van der Waals surface area (Å²) in [7, 11) is -2.04. The third-order valence-corrected chi connectivity index (χ3v) is 11.2. The molecule has 1 N–H and O–H groups in total. The van der Waals surface area contributed by atoms with E-state index in [9.17, 15) is 9.90 Å². The Hall–Kier alpha value is -1.33. The van der Waals surface area contributed by atoms with Gasteiger partial charge in [0, 0.05) is 5.92 Å². The van der Waals surface area contributed by atoms with Crippen LogP contribution in [0.4, 0.5) is 4.79 Å². The van der Waals surface area contributed by atoms with Crippen molar-refractivity contribution in [2.75, 3.05) is 6.54 Å². The zero-order valence-corrected chi connectivity index (χ0v) is 19.5. The molecule has 5 heteroatoms. The molecule has 1 aromatic rings. The standard InChI is InChI=1S/C22H37NO3Si/c1-20(2,3)18-17(26-27(8,9)21(4,5)6)15-23(19(24)25)22(18,7)16-13-11-10-12-14-16/h10-14,17-18H,15H2,1-9H3,(H,24,25)/t17-,18?,22-/m1/s1. The second-order valence-electron chi connectivity index (χ2n) is 10.7. The maximum atomic E-state index is 12.3. The Morgan fingerprint density at radius 1 is 1.15 bits per heavy atom.